The number of benzene rings is 1. The van der Waals surface area contributed by atoms with E-state index in [9.17, 15) is 9.59 Å². The van der Waals surface area contributed by atoms with Crippen molar-refractivity contribution < 1.29 is 18.8 Å². The molecule has 0 saturated carbocycles. The van der Waals surface area contributed by atoms with E-state index in [4.69, 9.17) is 4.74 Å². The number of hydrogen-bond donors (Lipinski definition) is 2. The summed E-state index contributed by atoms with van der Waals surface area (Å²) in [6.45, 7) is 2.72. The predicted octanol–water partition coefficient (Wildman–Crippen LogP) is 1.63. The second kappa shape index (κ2) is 6.38. The molecule has 0 aliphatic rings. The van der Waals surface area contributed by atoms with E-state index >= 15 is 0 Å². The molecule has 6 heteroatoms. The van der Waals surface area contributed by atoms with E-state index in [2.05, 4.69) is 31.8 Å². The Morgan fingerprint density at radius 3 is 2.45 bits per heavy atom. The molecule has 0 aliphatic carbocycles. The van der Waals surface area contributed by atoms with Crippen molar-refractivity contribution in [3.05, 3.63) is 29.3 Å². The van der Waals surface area contributed by atoms with Crippen LogP contribution in [0.5, 0.6) is 5.75 Å². The molecule has 0 saturated heterocycles. The van der Waals surface area contributed by atoms with Crippen LogP contribution < -0.4 is 15.4 Å². The van der Waals surface area contributed by atoms with Crippen LogP contribution in [-0.2, 0) is 6.54 Å². The van der Waals surface area contributed by atoms with Gasteiger partial charge in [-0.2, -0.15) is 0 Å². The minimum absolute atomic E-state index is 0.456. The molecule has 6 nitrogen and oxygen atoms in total. The Hall–Kier alpha value is -2.08. The number of quaternary nitrogens is 1. The summed E-state index contributed by atoms with van der Waals surface area (Å²) in [6, 6.07) is 4.94. The molecule has 0 spiro atoms. The number of urea groups is 1. The van der Waals surface area contributed by atoms with E-state index in [0.717, 1.165) is 22.2 Å². The Bertz CT molecular complexity index is 507. The first kappa shape index (κ1) is 16.0. The van der Waals surface area contributed by atoms with Gasteiger partial charge in [0.2, 0.25) is 0 Å². The third-order valence-corrected chi connectivity index (χ3v) is 2.69. The minimum Gasteiger partial charge on any atom is -0.410 e. The minimum atomic E-state index is -0.796. The molecular formula is C14H22N3O3+. The maximum atomic E-state index is 11.5. The normalized spacial score (nSPS) is 10.8. The number of amides is 3. The third kappa shape index (κ3) is 4.89. The molecule has 0 atom stereocenters. The van der Waals surface area contributed by atoms with E-state index in [0.29, 0.717) is 5.75 Å². The number of imide groups is 1. The topological polar surface area (TPSA) is 67.4 Å². The van der Waals surface area contributed by atoms with Crippen LogP contribution in [-0.4, -0.2) is 44.8 Å². The summed E-state index contributed by atoms with van der Waals surface area (Å²) >= 11 is 0. The van der Waals surface area contributed by atoms with Gasteiger partial charge in [-0.05, 0) is 13.0 Å². The molecule has 1 aromatic rings. The van der Waals surface area contributed by atoms with Crippen molar-refractivity contribution in [1.29, 1.82) is 0 Å². The molecule has 110 valence electrons. The summed E-state index contributed by atoms with van der Waals surface area (Å²) in [4.78, 5) is 22.6. The molecular weight excluding hydrogens is 258 g/mol. The van der Waals surface area contributed by atoms with Gasteiger partial charge in [-0.25, -0.2) is 14.9 Å². The zero-order valence-electron chi connectivity index (χ0n) is 12.6. The van der Waals surface area contributed by atoms with Crippen molar-refractivity contribution in [2.75, 3.05) is 28.2 Å². The monoisotopic (exact) mass is 280 g/mol. The van der Waals surface area contributed by atoms with E-state index in [-0.39, 0.29) is 0 Å². The molecule has 0 bridgehead atoms. The molecule has 1 rings (SSSR count). The van der Waals surface area contributed by atoms with Crippen molar-refractivity contribution in [1.82, 2.24) is 10.6 Å². The van der Waals surface area contributed by atoms with Gasteiger partial charge in [-0.1, -0.05) is 12.1 Å². The number of carbonyl (C=O) groups is 2. The van der Waals surface area contributed by atoms with E-state index in [1.54, 1.807) is 6.07 Å². The van der Waals surface area contributed by atoms with Gasteiger partial charge in [-0.15, -0.1) is 0 Å². The van der Waals surface area contributed by atoms with Gasteiger partial charge in [0, 0.05) is 18.2 Å². The first-order chi connectivity index (χ1) is 9.23. The highest BCUT2D eigenvalue weighted by molar-refractivity contribution is 5.91. The Balaban J connectivity index is 2.84. The molecule has 0 aliphatic heterocycles. The SMILES string of the molecule is CNC(=O)NC(=O)Oc1cccc(C[N+](C)(C)C)c1C. The first-order valence-electron chi connectivity index (χ1n) is 6.32. The second-order valence-electron chi connectivity index (χ2n) is 5.58. The fourth-order valence-corrected chi connectivity index (χ4v) is 1.73. The molecule has 0 heterocycles. The molecule has 0 unspecified atom stereocenters. The summed E-state index contributed by atoms with van der Waals surface area (Å²) in [5.74, 6) is 0.456. The van der Waals surface area contributed by atoms with Crippen LogP contribution in [0.4, 0.5) is 9.59 Å². The quantitative estimate of drug-likeness (QED) is 0.827. The fraction of sp³-hybridized carbons (Fsp3) is 0.429. The van der Waals surface area contributed by atoms with E-state index in [1.807, 2.05) is 19.1 Å². The van der Waals surface area contributed by atoms with Crippen molar-refractivity contribution >= 4 is 12.1 Å². The van der Waals surface area contributed by atoms with Crippen molar-refractivity contribution in [3.8, 4) is 5.75 Å². The smallest absolute Gasteiger partial charge is 0.410 e. The number of carbonyl (C=O) groups excluding carboxylic acids is 2. The van der Waals surface area contributed by atoms with Gasteiger partial charge >= 0.3 is 12.1 Å². The Morgan fingerprint density at radius 1 is 1.25 bits per heavy atom. The van der Waals surface area contributed by atoms with E-state index < -0.39 is 12.1 Å². The van der Waals surface area contributed by atoms with Crippen molar-refractivity contribution in [2.24, 2.45) is 0 Å². The summed E-state index contributed by atoms with van der Waals surface area (Å²) in [5.41, 5.74) is 2.00. The van der Waals surface area contributed by atoms with E-state index in [1.165, 1.54) is 7.05 Å². The van der Waals surface area contributed by atoms with Crippen molar-refractivity contribution in [3.63, 3.8) is 0 Å². The average Bonchev–Trinajstić information content (AvgIpc) is 2.32. The summed E-state index contributed by atoms with van der Waals surface area (Å²) in [7, 11) is 7.69. The van der Waals surface area contributed by atoms with Gasteiger partial charge < -0.3 is 14.5 Å². The summed E-state index contributed by atoms with van der Waals surface area (Å²) < 4.78 is 5.93. The third-order valence-electron chi connectivity index (χ3n) is 2.69. The molecule has 2 N–H and O–H groups in total. The second-order valence-corrected chi connectivity index (χ2v) is 5.58. The zero-order chi connectivity index (χ0) is 15.3. The lowest BCUT2D eigenvalue weighted by molar-refractivity contribution is -0.884. The van der Waals surface area contributed by atoms with Gasteiger partial charge in [0.25, 0.3) is 0 Å². The largest absolute Gasteiger partial charge is 0.420 e. The van der Waals surface area contributed by atoms with Gasteiger partial charge in [0.05, 0.1) is 21.1 Å². The fourth-order valence-electron chi connectivity index (χ4n) is 1.73. The average molecular weight is 280 g/mol. The van der Waals surface area contributed by atoms with Crippen LogP contribution in [0.2, 0.25) is 0 Å². The lowest BCUT2D eigenvalue weighted by atomic mass is 10.1. The standard InChI is InChI=1S/C14H21N3O3/c1-10-11(9-17(3,4)5)7-6-8-12(10)20-14(19)16-13(18)15-2/h6-8H,9H2,1-5H3,(H-,15,16,18,19)/p+1. The molecule has 0 radical (unpaired) electrons. The van der Waals surface area contributed by atoms with Crippen molar-refractivity contribution in [2.45, 2.75) is 13.5 Å². The number of ether oxygens (including phenoxy) is 1. The van der Waals surface area contributed by atoms with Gasteiger partial charge in [-0.3, -0.25) is 0 Å². The number of hydrogen-bond acceptors (Lipinski definition) is 3. The summed E-state index contributed by atoms with van der Waals surface area (Å²) in [6.07, 6.45) is -0.796. The number of nitrogens with one attached hydrogen (secondary N) is 2. The lowest BCUT2D eigenvalue weighted by Crippen LogP contribution is -2.39. The number of rotatable bonds is 3. The Kier molecular flexibility index (Phi) is 5.10. The maximum Gasteiger partial charge on any atom is 0.420 e. The highest BCUT2D eigenvalue weighted by atomic mass is 16.6. The van der Waals surface area contributed by atoms with Crippen LogP contribution in [0, 0.1) is 6.92 Å². The number of nitrogens with zero attached hydrogens (tertiary/aromatic N) is 1. The molecule has 20 heavy (non-hydrogen) atoms. The first-order valence-corrected chi connectivity index (χ1v) is 6.32. The Labute approximate surface area is 119 Å². The van der Waals surface area contributed by atoms with Crippen LogP contribution in [0.1, 0.15) is 11.1 Å². The zero-order valence-corrected chi connectivity index (χ0v) is 12.6. The highest BCUT2D eigenvalue weighted by Gasteiger charge is 2.15. The highest BCUT2D eigenvalue weighted by Crippen LogP contribution is 2.23. The van der Waals surface area contributed by atoms with Crippen LogP contribution in [0.3, 0.4) is 0 Å². The molecule has 3 amide bonds. The van der Waals surface area contributed by atoms with Gasteiger partial charge in [0.15, 0.2) is 0 Å². The maximum absolute atomic E-state index is 11.5. The Morgan fingerprint density at radius 2 is 1.90 bits per heavy atom. The van der Waals surface area contributed by atoms with Gasteiger partial charge in [0.1, 0.15) is 12.3 Å². The van der Waals surface area contributed by atoms with Crippen LogP contribution >= 0.6 is 0 Å². The molecule has 0 aromatic heterocycles. The predicted molar refractivity (Wildman–Crippen MR) is 76.5 cm³/mol. The van der Waals surface area contributed by atoms with Crippen LogP contribution in [0.15, 0.2) is 18.2 Å². The molecule has 1 aromatic carbocycles. The molecule has 0 fully saturated rings. The lowest BCUT2D eigenvalue weighted by Gasteiger charge is -2.25. The van der Waals surface area contributed by atoms with Crippen LogP contribution in [0.25, 0.3) is 0 Å². The summed E-state index contributed by atoms with van der Waals surface area (Å²) in [5, 5.41) is 4.34.